The van der Waals surface area contributed by atoms with Crippen LogP contribution in [-0.4, -0.2) is 6.04 Å². The molecule has 2 heteroatoms. The summed E-state index contributed by atoms with van der Waals surface area (Å²) < 4.78 is 12.4. The molecule has 0 aromatic heterocycles. The molecule has 14 heavy (non-hydrogen) atoms. The van der Waals surface area contributed by atoms with E-state index in [1.165, 1.54) is 25.7 Å². The van der Waals surface area contributed by atoms with Crippen LogP contribution in [0.25, 0.3) is 0 Å². The number of carbonyl (C=O) groups is 1. The van der Waals surface area contributed by atoms with Crippen molar-refractivity contribution in [3.8, 4) is 0 Å². The van der Waals surface area contributed by atoms with E-state index in [0.717, 1.165) is 31.6 Å². The van der Waals surface area contributed by atoms with Crippen LogP contribution in [0.3, 0.4) is 0 Å². The Morgan fingerprint density at radius 1 is 1.21 bits per heavy atom. The van der Waals surface area contributed by atoms with E-state index in [1.807, 2.05) is 0 Å². The first kappa shape index (κ1) is 11.7. The van der Waals surface area contributed by atoms with Crippen LogP contribution in [0.5, 0.6) is 0 Å². The second kappa shape index (κ2) is 6.15. The highest BCUT2D eigenvalue weighted by Gasteiger charge is 2.25. The monoisotopic (exact) mass is 200 g/mol. The lowest BCUT2D eigenvalue weighted by molar-refractivity contribution is -0.134. The fraction of sp³-hybridized carbons (Fsp3) is 0.917. The van der Waals surface area contributed by atoms with Gasteiger partial charge >= 0.3 is 6.04 Å². The summed E-state index contributed by atoms with van der Waals surface area (Å²) >= 11 is 0. The molecule has 82 valence electrons. The fourth-order valence-corrected chi connectivity index (χ4v) is 2.36. The van der Waals surface area contributed by atoms with Gasteiger partial charge in [-0.25, -0.2) is 0 Å². The van der Waals surface area contributed by atoms with Crippen LogP contribution in [0.4, 0.5) is 4.39 Å². The van der Waals surface area contributed by atoms with E-state index >= 15 is 0 Å². The number of hydrogen-bond acceptors (Lipinski definition) is 1. The van der Waals surface area contributed by atoms with Crippen molar-refractivity contribution in [1.82, 2.24) is 0 Å². The molecule has 1 saturated carbocycles. The largest absolute Gasteiger partial charge is 0.304 e. The van der Waals surface area contributed by atoms with Crippen LogP contribution < -0.4 is 0 Å². The lowest BCUT2D eigenvalue weighted by atomic mass is 9.80. The van der Waals surface area contributed by atoms with E-state index in [4.69, 9.17) is 0 Å². The first-order chi connectivity index (χ1) is 6.74. The zero-order valence-corrected chi connectivity index (χ0v) is 9.10. The summed E-state index contributed by atoms with van der Waals surface area (Å²) in [6, 6.07) is -1.09. The molecule has 0 atom stereocenters. The van der Waals surface area contributed by atoms with Gasteiger partial charge in [0.15, 0.2) is 0 Å². The summed E-state index contributed by atoms with van der Waals surface area (Å²) in [6.07, 6.45) is 8.84. The maximum absolute atomic E-state index is 12.4. The van der Waals surface area contributed by atoms with Crippen molar-refractivity contribution in [3.63, 3.8) is 0 Å². The highest BCUT2D eigenvalue weighted by atomic mass is 19.1. The molecule has 0 saturated heterocycles. The van der Waals surface area contributed by atoms with E-state index in [2.05, 4.69) is 6.92 Å². The molecule has 0 aromatic carbocycles. The predicted octanol–water partition coefficient (Wildman–Crippen LogP) is 3.87. The molecule has 0 amide bonds. The van der Waals surface area contributed by atoms with Gasteiger partial charge in [0, 0.05) is 5.92 Å². The molecule has 0 N–H and O–H groups in total. The highest BCUT2D eigenvalue weighted by molar-refractivity contribution is 5.70. The summed E-state index contributed by atoms with van der Waals surface area (Å²) in [5, 5.41) is 0. The zero-order chi connectivity index (χ0) is 10.4. The minimum Gasteiger partial charge on any atom is -0.261 e. The maximum atomic E-state index is 12.4. The van der Waals surface area contributed by atoms with Crippen LogP contribution in [0, 0.1) is 11.8 Å². The summed E-state index contributed by atoms with van der Waals surface area (Å²) in [5.74, 6) is 0.495. The molecule has 0 aliphatic heterocycles. The zero-order valence-electron chi connectivity index (χ0n) is 9.10. The van der Waals surface area contributed by atoms with Crippen molar-refractivity contribution >= 4 is 6.04 Å². The number of rotatable bonds is 5. The van der Waals surface area contributed by atoms with Gasteiger partial charge in [-0.15, -0.1) is 0 Å². The van der Waals surface area contributed by atoms with Crippen LogP contribution in [-0.2, 0) is 4.79 Å². The minimum atomic E-state index is -1.09. The number of halogens is 1. The molecule has 1 aliphatic rings. The normalized spacial score (nSPS) is 27.6. The lowest BCUT2D eigenvalue weighted by Gasteiger charge is -2.25. The Morgan fingerprint density at radius 3 is 2.36 bits per heavy atom. The molecule has 0 radical (unpaired) electrons. The van der Waals surface area contributed by atoms with Crippen LogP contribution >= 0.6 is 0 Å². The quantitative estimate of drug-likeness (QED) is 0.486. The van der Waals surface area contributed by atoms with Crippen molar-refractivity contribution in [2.24, 2.45) is 11.8 Å². The van der Waals surface area contributed by atoms with Gasteiger partial charge in [0.25, 0.3) is 0 Å². The third kappa shape index (κ3) is 3.77. The maximum Gasteiger partial charge on any atom is 0.304 e. The number of unbranched alkanes of at least 4 members (excludes halogenated alkanes) is 2. The SMILES string of the molecule is CCCCCC1CCC(C(=O)F)CC1. The van der Waals surface area contributed by atoms with Gasteiger partial charge in [0.2, 0.25) is 0 Å². The highest BCUT2D eigenvalue weighted by Crippen LogP contribution is 2.32. The Morgan fingerprint density at radius 2 is 1.86 bits per heavy atom. The van der Waals surface area contributed by atoms with Gasteiger partial charge in [-0.2, -0.15) is 4.39 Å². The molecule has 0 aromatic rings. The summed E-state index contributed by atoms with van der Waals surface area (Å²) in [4.78, 5) is 10.5. The Hall–Kier alpha value is -0.400. The van der Waals surface area contributed by atoms with E-state index in [1.54, 1.807) is 0 Å². The number of carbonyl (C=O) groups excluding carboxylic acids is 1. The Bertz CT molecular complexity index is 171. The molecule has 0 unspecified atom stereocenters. The topological polar surface area (TPSA) is 17.1 Å². The van der Waals surface area contributed by atoms with Gasteiger partial charge in [-0.3, -0.25) is 4.79 Å². The molecular formula is C12H21FO. The predicted molar refractivity (Wildman–Crippen MR) is 55.7 cm³/mol. The molecular weight excluding hydrogens is 179 g/mol. The Labute approximate surface area is 86.1 Å². The van der Waals surface area contributed by atoms with Gasteiger partial charge in [0.05, 0.1) is 0 Å². The first-order valence-electron chi connectivity index (χ1n) is 5.93. The molecule has 1 fully saturated rings. The number of hydrogen-bond donors (Lipinski definition) is 0. The Kier molecular flexibility index (Phi) is 5.13. The molecule has 1 aliphatic carbocycles. The average molecular weight is 200 g/mol. The van der Waals surface area contributed by atoms with Crippen LogP contribution in [0.1, 0.15) is 58.3 Å². The van der Waals surface area contributed by atoms with Crippen molar-refractivity contribution in [1.29, 1.82) is 0 Å². The van der Waals surface area contributed by atoms with E-state index in [9.17, 15) is 9.18 Å². The van der Waals surface area contributed by atoms with E-state index < -0.39 is 6.04 Å². The van der Waals surface area contributed by atoms with Gasteiger partial charge < -0.3 is 0 Å². The summed E-state index contributed by atoms with van der Waals surface area (Å²) in [5.41, 5.74) is 0. The standard InChI is InChI=1S/C12H21FO/c1-2-3-4-5-10-6-8-11(9-7-10)12(13)14/h10-11H,2-9H2,1H3. The lowest BCUT2D eigenvalue weighted by Crippen LogP contribution is -2.19. The fourth-order valence-electron chi connectivity index (χ4n) is 2.36. The van der Waals surface area contributed by atoms with Gasteiger partial charge in [0.1, 0.15) is 0 Å². The van der Waals surface area contributed by atoms with Crippen LogP contribution in [0.15, 0.2) is 0 Å². The summed E-state index contributed by atoms with van der Waals surface area (Å²) in [6.45, 7) is 2.21. The molecule has 0 bridgehead atoms. The first-order valence-corrected chi connectivity index (χ1v) is 5.93. The minimum absolute atomic E-state index is 0.266. The van der Waals surface area contributed by atoms with Crippen molar-refractivity contribution in [2.45, 2.75) is 58.3 Å². The smallest absolute Gasteiger partial charge is 0.261 e. The van der Waals surface area contributed by atoms with Gasteiger partial charge in [-0.1, -0.05) is 32.6 Å². The third-order valence-electron chi connectivity index (χ3n) is 3.38. The second-order valence-corrected chi connectivity index (χ2v) is 4.52. The summed E-state index contributed by atoms with van der Waals surface area (Å²) in [7, 11) is 0. The molecule has 1 rings (SSSR count). The molecule has 0 heterocycles. The third-order valence-corrected chi connectivity index (χ3v) is 3.38. The molecule has 0 spiro atoms. The van der Waals surface area contributed by atoms with Gasteiger partial charge in [-0.05, 0) is 31.6 Å². The van der Waals surface area contributed by atoms with Crippen molar-refractivity contribution in [3.05, 3.63) is 0 Å². The van der Waals surface area contributed by atoms with E-state index in [-0.39, 0.29) is 5.92 Å². The second-order valence-electron chi connectivity index (χ2n) is 4.52. The average Bonchev–Trinajstić information content (AvgIpc) is 2.19. The Balaban J connectivity index is 2.12. The van der Waals surface area contributed by atoms with Crippen LogP contribution in [0.2, 0.25) is 0 Å². The van der Waals surface area contributed by atoms with E-state index in [0.29, 0.717) is 0 Å². The van der Waals surface area contributed by atoms with Crippen molar-refractivity contribution in [2.75, 3.05) is 0 Å². The van der Waals surface area contributed by atoms with Crippen molar-refractivity contribution < 1.29 is 9.18 Å². The molecule has 1 nitrogen and oxygen atoms in total.